The van der Waals surface area contributed by atoms with Gasteiger partial charge in [0.1, 0.15) is 11.5 Å². The molecule has 0 bridgehead atoms. The first kappa shape index (κ1) is 20.0. The Hall–Kier alpha value is -4.24. The van der Waals surface area contributed by atoms with E-state index in [1.807, 2.05) is 0 Å². The molecule has 156 valence electrons. The van der Waals surface area contributed by atoms with Gasteiger partial charge in [-0.2, -0.15) is 5.10 Å². The van der Waals surface area contributed by atoms with Crippen LogP contribution < -0.4 is 10.6 Å². The van der Waals surface area contributed by atoms with Crippen molar-refractivity contribution in [1.29, 1.82) is 0 Å². The number of benzene rings is 1. The fourth-order valence-corrected chi connectivity index (χ4v) is 3.46. The molecule has 11 heteroatoms. The maximum Gasteiger partial charge on any atom is 0.274 e. The second kappa shape index (κ2) is 8.64. The van der Waals surface area contributed by atoms with Gasteiger partial charge in [0.05, 0.1) is 34.9 Å². The summed E-state index contributed by atoms with van der Waals surface area (Å²) in [5.74, 6) is -1.61. The van der Waals surface area contributed by atoms with E-state index in [0.717, 1.165) is 18.2 Å². The van der Waals surface area contributed by atoms with Gasteiger partial charge in [-0.3, -0.25) is 19.3 Å². The van der Waals surface area contributed by atoms with Crippen molar-refractivity contribution in [2.24, 2.45) is 5.11 Å². The van der Waals surface area contributed by atoms with E-state index in [0.29, 0.717) is 24.2 Å². The lowest BCUT2D eigenvalue weighted by atomic mass is 10.1. The van der Waals surface area contributed by atoms with Crippen LogP contribution in [0.3, 0.4) is 0 Å². The summed E-state index contributed by atoms with van der Waals surface area (Å²) in [6.07, 6.45) is 2.97. The van der Waals surface area contributed by atoms with Gasteiger partial charge >= 0.3 is 0 Å². The van der Waals surface area contributed by atoms with Crippen molar-refractivity contribution in [2.45, 2.75) is 25.9 Å². The Balaban J connectivity index is 1.63. The van der Waals surface area contributed by atoms with Crippen LogP contribution in [0.4, 0.5) is 15.8 Å². The highest BCUT2D eigenvalue weighted by molar-refractivity contribution is 6.10. The number of nitrogens with one attached hydrogen (secondary N) is 2. The number of rotatable bonds is 6. The van der Waals surface area contributed by atoms with E-state index >= 15 is 0 Å². The van der Waals surface area contributed by atoms with E-state index < -0.39 is 17.6 Å². The number of pyridine rings is 1. The average molecular weight is 420 g/mol. The number of amides is 2. The van der Waals surface area contributed by atoms with E-state index in [2.05, 4.69) is 30.7 Å². The molecule has 0 aliphatic carbocycles. The minimum atomic E-state index is -0.583. The molecule has 1 aliphatic rings. The molecule has 3 heterocycles. The SMILES string of the molecule is [N-]=[N+]=NCc1nn2c(c1C(=O)Nc1cc(F)ccc1NC(=O)c1ccccn1)CCC2. The van der Waals surface area contributed by atoms with Crippen molar-refractivity contribution < 1.29 is 14.0 Å². The van der Waals surface area contributed by atoms with Crippen molar-refractivity contribution in [2.75, 3.05) is 10.6 Å². The molecular formula is C20H17FN8O2. The number of hydrogen-bond donors (Lipinski definition) is 2. The number of fused-ring (bicyclic) bond motifs is 1. The third kappa shape index (κ3) is 4.21. The van der Waals surface area contributed by atoms with Crippen LogP contribution in [0, 0.1) is 5.82 Å². The van der Waals surface area contributed by atoms with Gasteiger partial charge in [0.15, 0.2) is 0 Å². The first-order valence-electron chi connectivity index (χ1n) is 9.49. The summed E-state index contributed by atoms with van der Waals surface area (Å²) in [6.45, 7) is 0.586. The number of carbonyl (C=O) groups is 2. The molecule has 2 aromatic heterocycles. The molecule has 3 aromatic rings. The molecule has 1 aliphatic heterocycles. The maximum atomic E-state index is 13.9. The normalized spacial score (nSPS) is 12.0. The average Bonchev–Trinajstić information content (AvgIpc) is 3.35. The molecule has 0 saturated heterocycles. The molecule has 0 fully saturated rings. The molecule has 0 atom stereocenters. The van der Waals surface area contributed by atoms with Gasteiger partial charge in [0.25, 0.3) is 11.8 Å². The molecule has 2 amide bonds. The summed E-state index contributed by atoms with van der Waals surface area (Å²) >= 11 is 0. The van der Waals surface area contributed by atoms with Gasteiger partial charge in [-0.05, 0) is 48.7 Å². The van der Waals surface area contributed by atoms with E-state index in [1.54, 1.807) is 16.8 Å². The summed E-state index contributed by atoms with van der Waals surface area (Å²) < 4.78 is 15.6. The topological polar surface area (TPSA) is 138 Å². The number of aryl methyl sites for hydroxylation is 1. The van der Waals surface area contributed by atoms with E-state index in [1.165, 1.54) is 24.4 Å². The van der Waals surface area contributed by atoms with Gasteiger partial charge in [-0.25, -0.2) is 4.39 Å². The Morgan fingerprint density at radius 3 is 2.81 bits per heavy atom. The first-order valence-corrected chi connectivity index (χ1v) is 9.49. The second-order valence-corrected chi connectivity index (χ2v) is 6.80. The molecule has 0 spiro atoms. The van der Waals surface area contributed by atoms with E-state index in [-0.39, 0.29) is 23.6 Å². The van der Waals surface area contributed by atoms with Crippen LogP contribution in [0.5, 0.6) is 0 Å². The van der Waals surface area contributed by atoms with Crippen molar-refractivity contribution in [3.8, 4) is 0 Å². The molecule has 4 rings (SSSR count). The predicted molar refractivity (Wildman–Crippen MR) is 110 cm³/mol. The predicted octanol–water partition coefficient (Wildman–Crippen LogP) is 3.68. The zero-order valence-electron chi connectivity index (χ0n) is 16.2. The summed E-state index contributed by atoms with van der Waals surface area (Å²) in [5.41, 5.74) is 10.5. The zero-order valence-corrected chi connectivity index (χ0v) is 16.2. The minimum absolute atomic E-state index is 0.0777. The molecule has 1 aromatic carbocycles. The lowest BCUT2D eigenvalue weighted by Crippen LogP contribution is -2.19. The van der Waals surface area contributed by atoms with Gasteiger partial charge in [-0.15, -0.1) is 0 Å². The molecule has 0 radical (unpaired) electrons. The Bertz CT molecular complexity index is 1200. The van der Waals surface area contributed by atoms with Crippen molar-refractivity contribution in [1.82, 2.24) is 14.8 Å². The quantitative estimate of drug-likeness (QED) is 0.357. The molecule has 31 heavy (non-hydrogen) atoms. The second-order valence-electron chi connectivity index (χ2n) is 6.80. The number of carbonyl (C=O) groups excluding carboxylic acids is 2. The van der Waals surface area contributed by atoms with Gasteiger partial charge in [-0.1, -0.05) is 11.2 Å². The fourth-order valence-electron chi connectivity index (χ4n) is 3.46. The highest BCUT2D eigenvalue weighted by Gasteiger charge is 2.26. The number of halogens is 1. The van der Waals surface area contributed by atoms with Crippen LogP contribution in [0.15, 0.2) is 47.7 Å². The van der Waals surface area contributed by atoms with Crippen molar-refractivity contribution >= 4 is 23.2 Å². The van der Waals surface area contributed by atoms with E-state index in [4.69, 9.17) is 5.53 Å². The Labute approximate surface area is 175 Å². The number of hydrogen-bond acceptors (Lipinski definition) is 5. The number of anilines is 2. The van der Waals surface area contributed by atoms with Crippen LogP contribution in [-0.2, 0) is 19.5 Å². The van der Waals surface area contributed by atoms with Crippen LogP contribution >= 0.6 is 0 Å². The standard InChI is InChI=1S/C20H17FN8O2/c21-12-6-7-13(25-19(30)14-4-1-2-8-23-14)15(10-12)26-20(31)18-16(11-24-28-22)27-29-9-3-5-17(18)29/h1-2,4,6-8,10H,3,5,9,11H2,(H,25,30)(H,26,31). The summed E-state index contributed by atoms with van der Waals surface area (Å²) in [4.78, 5) is 32.2. The number of nitrogens with zero attached hydrogens (tertiary/aromatic N) is 6. The highest BCUT2D eigenvalue weighted by atomic mass is 19.1. The van der Waals surface area contributed by atoms with Crippen LogP contribution in [0.2, 0.25) is 0 Å². The number of azide groups is 1. The molecule has 10 nitrogen and oxygen atoms in total. The van der Waals surface area contributed by atoms with E-state index in [9.17, 15) is 14.0 Å². The van der Waals surface area contributed by atoms with Gasteiger partial charge in [0, 0.05) is 17.7 Å². The lowest BCUT2D eigenvalue weighted by molar-refractivity contribution is 0.101. The summed E-state index contributed by atoms with van der Waals surface area (Å²) in [6, 6.07) is 8.53. The fraction of sp³-hybridized carbons (Fsp3) is 0.200. The summed E-state index contributed by atoms with van der Waals surface area (Å²) in [5, 5.41) is 13.2. The lowest BCUT2D eigenvalue weighted by Gasteiger charge is -2.13. The number of aromatic nitrogens is 3. The van der Waals surface area contributed by atoms with Crippen LogP contribution in [0.1, 0.15) is 38.7 Å². The molecule has 2 N–H and O–H groups in total. The van der Waals surface area contributed by atoms with Crippen LogP contribution in [-0.4, -0.2) is 26.6 Å². The molecule has 0 saturated carbocycles. The van der Waals surface area contributed by atoms with Gasteiger partial charge < -0.3 is 10.6 Å². The minimum Gasteiger partial charge on any atom is -0.320 e. The third-order valence-corrected chi connectivity index (χ3v) is 4.80. The smallest absolute Gasteiger partial charge is 0.274 e. The maximum absolute atomic E-state index is 13.9. The molecule has 0 unspecified atom stereocenters. The van der Waals surface area contributed by atoms with Crippen LogP contribution in [0.25, 0.3) is 10.4 Å². The zero-order chi connectivity index (χ0) is 21.8. The highest BCUT2D eigenvalue weighted by Crippen LogP contribution is 2.27. The van der Waals surface area contributed by atoms with Gasteiger partial charge in [0.2, 0.25) is 0 Å². The third-order valence-electron chi connectivity index (χ3n) is 4.80. The Morgan fingerprint density at radius 1 is 1.19 bits per heavy atom. The first-order chi connectivity index (χ1) is 15.1. The van der Waals surface area contributed by atoms with Crippen molar-refractivity contribution in [3.63, 3.8) is 0 Å². The Kier molecular flexibility index (Phi) is 5.59. The Morgan fingerprint density at radius 2 is 2.03 bits per heavy atom. The monoisotopic (exact) mass is 420 g/mol. The van der Waals surface area contributed by atoms with Crippen molar-refractivity contribution in [3.05, 3.63) is 81.5 Å². The molecular weight excluding hydrogens is 403 g/mol. The largest absolute Gasteiger partial charge is 0.320 e. The summed E-state index contributed by atoms with van der Waals surface area (Å²) in [7, 11) is 0.